The van der Waals surface area contributed by atoms with E-state index in [1.165, 1.54) is 0 Å². The number of halogens is 3. The highest BCUT2D eigenvalue weighted by atomic mass is 79.9. The molecule has 1 atom stereocenters. The molecule has 0 amide bonds. The van der Waals surface area contributed by atoms with Crippen LogP contribution in [0, 0.1) is 0 Å². The topological polar surface area (TPSA) is 48.1 Å². The van der Waals surface area contributed by atoms with Gasteiger partial charge in [0.1, 0.15) is 11.5 Å². The van der Waals surface area contributed by atoms with E-state index in [0.29, 0.717) is 21.5 Å². The maximum absolute atomic E-state index is 6.08. The molecule has 19 heavy (non-hydrogen) atoms. The van der Waals surface area contributed by atoms with E-state index in [1.807, 2.05) is 13.0 Å². The number of pyridine rings is 1. The normalized spacial score (nSPS) is 12.3. The third kappa shape index (κ3) is 3.60. The molecule has 1 heterocycles. The van der Waals surface area contributed by atoms with Gasteiger partial charge < -0.3 is 10.5 Å². The molecule has 100 valence electrons. The molecule has 0 saturated carbocycles. The SMILES string of the molecule is CC(N)c1ccc(Oc2cc(Cl)c(Br)cc2Cl)cn1. The zero-order valence-electron chi connectivity index (χ0n) is 10.0. The molecule has 0 radical (unpaired) electrons. The first-order chi connectivity index (χ1) is 8.97. The highest BCUT2D eigenvalue weighted by Gasteiger charge is 2.08. The van der Waals surface area contributed by atoms with Gasteiger partial charge in [-0.2, -0.15) is 0 Å². The number of ether oxygens (including phenoxy) is 1. The van der Waals surface area contributed by atoms with Gasteiger partial charge in [0, 0.05) is 16.6 Å². The second kappa shape index (κ2) is 6.09. The summed E-state index contributed by atoms with van der Waals surface area (Å²) in [4.78, 5) is 4.21. The molecule has 2 rings (SSSR count). The van der Waals surface area contributed by atoms with E-state index in [2.05, 4.69) is 20.9 Å². The summed E-state index contributed by atoms with van der Waals surface area (Å²) in [6.07, 6.45) is 1.60. The largest absolute Gasteiger partial charge is 0.454 e. The average Bonchev–Trinajstić information content (AvgIpc) is 2.36. The summed E-state index contributed by atoms with van der Waals surface area (Å²) in [6.45, 7) is 1.87. The Morgan fingerprint density at radius 3 is 2.58 bits per heavy atom. The van der Waals surface area contributed by atoms with Crippen molar-refractivity contribution in [1.82, 2.24) is 4.98 Å². The van der Waals surface area contributed by atoms with Gasteiger partial charge in [0.15, 0.2) is 0 Å². The summed E-state index contributed by atoms with van der Waals surface area (Å²) in [7, 11) is 0. The van der Waals surface area contributed by atoms with Gasteiger partial charge in [0.05, 0.1) is 21.9 Å². The maximum atomic E-state index is 6.08. The second-order valence-electron chi connectivity index (χ2n) is 4.01. The lowest BCUT2D eigenvalue weighted by molar-refractivity contribution is 0.479. The molecule has 0 spiro atoms. The van der Waals surface area contributed by atoms with Gasteiger partial charge in [-0.25, -0.2) is 0 Å². The number of nitrogens with zero attached hydrogens (tertiary/aromatic N) is 1. The number of aromatic nitrogens is 1. The Morgan fingerprint density at radius 1 is 1.26 bits per heavy atom. The van der Waals surface area contributed by atoms with Crippen molar-refractivity contribution in [3.63, 3.8) is 0 Å². The first-order valence-corrected chi connectivity index (χ1v) is 7.06. The Morgan fingerprint density at radius 2 is 2.00 bits per heavy atom. The van der Waals surface area contributed by atoms with Crippen molar-refractivity contribution in [3.05, 3.63) is 50.7 Å². The van der Waals surface area contributed by atoms with Gasteiger partial charge >= 0.3 is 0 Å². The van der Waals surface area contributed by atoms with Crippen LogP contribution < -0.4 is 10.5 Å². The Kier molecular flexibility index (Phi) is 4.68. The summed E-state index contributed by atoms with van der Waals surface area (Å²) in [5.74, 6) is 1.05. The molecule has 0 aliphatic heterocycles. The third-order valence-electron chi connectivity index (χ3n) is 2.43. The number of nitrogens with two attached hydrogens (primary N) is 1. The number of rotatable bonds is 3. The molecule has 6 heteroatoms. The lowest BCUT2D eigenvalue weighted by Gasteiger charge is -2.10. The van der Waals surface area contributed by atoms with E-state index in [1.54, 1.807) is 24.4 Å². The fourth-order valence-corrected chi connectivity index (χ4v) is 2.26. The van der Waals surface area contributed by atoms with Crippen molar-refractivity contribution in [1.29, 1.82) is 0 Å². The van der Waals surface area contributed by atoms with Crippen molar-refractivity contribution in [2.24, 2.45) is 5.73 Å². The molecule has 0 bridgehead atoms. The Labute approximate surface area is 129 Å². The van der Waals surface area contributed by atoms with Gasteiger partial charge in [-0.3, -0.25) is 4.98 Å². The number of hydrogen-bond acceptors (Lipinski definition) is 3. The summed E-state index contributed by atoms with van der Waals surface area (Å²) in [6, 6.07) is 6.82. The van der Waals surface area contributed by atoms with Gasteiger partial charge in [-0.15, -0.1) is 0 Å². The second-order valence-corrected chi connectivity index (χ2v) is 5.67. The minimum Gasteiger partial charge on any atom is -0.454 e. The first-order valence-electron chi connectivity index (χ1n) is 5.51. The lowest BCUT2D eigenvalue weighted by Crippen LogP contribution is -2.06. The quantitative estimate of drug-likeness (QED) is 0.785. The van der Waals surface area contributed by atoms with Crippen LogP contribution in [-0.2, 0) is 0 Å². The van der Waals surface area contributed by atoms with E-state index >= 15 is 0 Å². The van der Waals surface area contributed by atoms with Crippen LogP contribution in [0.2, 0.25) is 10.0 Å². The fraction of sp³-hybridized carbons (Fsp3) is 0.154. The van der Waals surface area contributed by atoms with Gasteiger partial charge in [0.25, 0.3) is 0 Å². The molecule has 2 aromatic rings. The van der Waals surface area contributed by atoms with Crippen molar-refractivity contribution in [2.75, 3.05) is 0 Å². The van der Waals surface area contributed by atoms with Crippen LogP contribution in [0.25, 0.3) is 0 Å². The molecule has 0 saturated heterocycles. The summed E-state index contributed by atoms with van der Waals surface area (Å²) < 4.78 is 6.36. The number of hydrogen-bond donors (Lipinski definition) is 1. The van der Waals surface area contributed by atoms with Crippen LogP contribution in [0.5, 0.6) is 11.5 Å². The number of benzene rings is 1. The zero-order valence-corrected chi connectivity index (χ0v) is 13.1. The van der Waals surface area contributed by atoms with E-state index < -0.39 is 0 Å². The summed E-state index contributed by atoms with van der Waals surface area (Å²) >= 11 is 15.4. The zero-order chi connectivity index (χ0) is 14.0. The highest BCUT2D eigenvalue weighted by molar-refractivity contribution is 9.10. The van der Waals surface area contributed by atoms with E-state index in [-0.39, 0.29) is 6.04 Å². The molecule has 0 fully saturated rings. The molecule has 3 nitrogen and oxygen atoms in total. The average molecular weight is 362 g/mol. The molecule has 1 unspecified atom stereocenters. The van der Waals surface area contributed by atoms with E-state index in [9.17, 15) is 0 Å². The van der Waals surface area contributed by atoms with Crippen molar-refractivity contribution in [2.45, 2.75) is 13.0 Å². The Hall–Kier alpha value is -0.810. The molecule has 0 aliphatic carbocycles. The molecule has 2 N–H and O–H groups in total. The summed E-state index contributed by atoms with van der Waals surface area (Å²) in [5, 5.41) is 0.993. The van der Waals surface area contributed by atoms with Crippen molar-refractivity contribution < 1.29 is 4.74 Å². The standard InChI is InChI=1S/C13H11BrCl2N2O/c1-7(17)12-3-2-8(6-18-12)19-13-5-10(15)9(14)4-11(13)16/h2-7H,17H2,1H3. The van der Waals surface area contributed by atoms with Crippen LogP contribution in [-0.4, -0.2) is 4.98 Å². The van der Waals surface area contributed by atoms with Gasteiger partial charge in [-0.05, 0) is 41.1 Å². The van der Waals surface area contributed by atoms with Crippen molar-refractivity contribution in [3.8, 4) is 11.5 Å². The fourth-order valence-electron chi connectivity index (χ4n) is 1.43. The smallest absolute Gasteiger partial charge is 0.147 e. The van der Waals surface area contributed by atoms with Crippen molar-refractivity contribution >= 4 is 39.1 Å². The molecule has 0 aliphatic rings. The van der Waals surface area contributed by atoms with E-state index in [0.717, 1.165) is 10.2 Å². The molecular formula is C13H11BrCl2N2O. The third-order valence-corrected chi connectivity index (χ3v) is 3.92. The summed E-state index contributed by atoms with van der Waals surface area (Å²) in [5.41, 5.74) is 6.53. The van der Waals surface area contributed by atoms with Gasteiger partial charge in [-0.1, -0.05) is 23.2 Å². The Bertz CT molecular complexity index is 588. The first kappa shape index (κ1) is 14.6. The minimum atomic E-state index is -0.111. The molecule has 1 aromatic carbocycles. The maximum Gasteiger partial charge on any atom is 0.147 e. The molecule has 1 aromatic heterocycles. The van der Waals surface area contributed by atoms with Crippen LogP contribution in [0.3, 0.4) is 0 Å². The Balaban J connectivity index is 2.24. The predicted octanol–water partition coefficient (Wildman–Crippen LogP) is 4.96. The monoisotopic (exact) mass is 360 g/mol. The molecular weight excluding hydrogens is 351 g/mol. The predicted molar refractivity (Wildman–Crippen MR) is 81.1 cm³/mol. The minimum absolute atomic E-state index is 0.111. The van der Waals surface area contributed by atoms with Crippen LogP contribution >= 0.6 is 39.1 Å². The van der Waals surface area contributed by atoms with Crippen LogP contribution in [0.4, 0.5) is 0 Å². The highest BCUT2D eigenvalue weighted by Crippen LogP contribution is 2.36. The van der Waals surface area contributed by atoms with E-state index in [4.69, 9.17) is 33.7 Å². The van der Waals surface area contributed by atoms with Crippen LogP contribution in [0.1, 0.15) is 18.7 Å². The van der Waals surface area contributed by atoms with Gasteiger partial charge in [0.2, 0.25) is 0 Å². The lowest BCUT2D eigenvalue weighted by atomic mass is 10.2. The van der Waals surface area contributed by atoms with Crippen LogP contribution in [0.15, 0.2) is 34.9 Å².